The van der Waals surface area contributed by atoms with E-state index in [9.17, 15) is 14.9 Å². The summed E-state index contributed by atoms with van der Waals surface area (Å²) in [4.78, 5) is 21.1. The third kappa shape index (κ3) is 16.9. The molecule has 0 aliphatic heterocycles. The Labute approximate surface area is 156 Å². The number of rotatable bonds is 17. The van der Waals surface area contributed by atoms with Gasteiger partial charge in [0, 0.05) is 13.0 Å². The number of carboxylic acids is 1. The highest BCUT2D eigenvalue weighted by molar-refractivity contribution is 5.67. The van der Waals surface area contributed by atoms with Crippen LogP contribution in [0.1, 0.15) is 71.1 Å². The van der Waals surface area contributed by atoms with Crippen LogP contribution >= 0.6 is 0 Å². The van der Waals surface area contributed by atoms with Crippen molar-refractivity contribution >= 4 is 5.97 Å². The highest BCUT2D eigenvalue weighted by atomic mass is 16.6. The molecule has 0 rings (SSSR count). The first-order valence-electron chi connectivity index (χ1n) is 9.50. The summed E-state index contributed by atoms with van der Waals surface area (Å²) >= 11 is 0. The van der Waals surface area contributed by atoms with Gasteiger partial charge in [0.25, 0.3) is 0 Å². The third-order valence-corrected chi connectivity index (χ3v) is 3.76. The minimum Gasteiger partial charge on any atom is -0.480 e. The van der Waals surface area contributed by atoms with E-state index in [1.807, 2.05) is 12.2 Å². The summed E-state index contributed by atoms with van der Waals surface area (Å²) in [5.74, 6) is -0.941. The molecule has 6 heteroatoms. The predicted molar refractivity (Wildman–Crippen MR) is 104 cm³/mol. The standard InChI is InChI=1S/C20H33NO5/c1-2-3-4-5-6-9-12-15-19(21(24)25)16-13-10-7-8-11-14-17-26-18-20(22)23/h3-4,6,9,15H,2,5,7-8,10-14,16-18H2,1H3,(H,22,23)/b4-3+,9-6+,19-15+. The van der Waals surface area contributed by atoms with E-state index in [2.05, 4.69) is 19.1 Å². The van der Waals surface area contributed by atoms with Gasteiger partial charge in [-0.3, -0.25) is 10.1 Å². The largest absolute Gasteiger partial charge is 0.480 e. The van der Waals surface area contributed by atoms with Gasteiger partial charge < -0.3 is 9.84 Å². The molecular weight excluding hydrogens is 334 g/mol. The number of nitro groups is 1. The quantitative estimate of drug-likeness (QED) is 0.163. The Kier molecular flexibility index (Phi) is 16.5. The van der Waals surface area contributed by atoms with Crippen LogP contribution in [-0.4, -0.2) is 29.2 Å². The van der Waals surface area contributed by atoms with Gasteiger partial charge in [0.1, 0.15) is 6.61 Å². The second-order valence-electron chi connectivity index (χ2n) is 6.09. The fraction of sp³-hybridized carbons (Fsp3) is 0.650. The topological polar surface area (TPSA) is 89.7 Å². The molecule has 0 amide bonds. The highest BCUT2D eigenvalue weighted by Gasteiger charge is 2.08. The van der Waals surface area contributed by atoms with Crippen molar-refractivity contribution < 1.29 is 19.6 Å². The number of aliphatic carboxylic acids is 1. The number of carbonyl (C=O) groups is 1. The summed E-state index contributed by atoms with van der Waals surface area (Å²) in [7, 11) is 0. The van der Waals surface area contributed by atoms with Gasteiger partial charge in [-0.2, -0.15) is 0 Å². The molecule has 1 N–H and O–H groups in total. The van der Waals surface area contributed by atoms with Gasteiger partial charge in [-0.25, -0.2) is 4.79 Å². The zero-order valence-corrected chi connectivity index (χ0v) is 15.9. The fourth-order valence-corrected chi connectivity index (χ4v) is 2.38. The third-order valence-electron chi connectivity index (χ3n) is 3.76. The molecule has 0 unspecified atom stereocenters. The van der Waals surface area contributed by atoms with Crippen molar-refractivity contribution in [2.24, 2.45) is 0 Å². The van der Waals surface area contributed by atoms with E-state index >= 15 is 0 Å². The van der Waals surface area contributed by atoms with Crippen molar-refractivity contribution in [3.8, 4) is 0 Å². The van der Waals surface area contributed by atoms with E-state index < -0.39 is 5.97 Å². The molecule has 0 spiro atoms. The summed E-state index contributed by atoms with van der Waals surface area (Å²) in [6, 6.07) is 0. The van der Waals surface area contributed by atoms with Gasteiger partial charge in [-0.05, 0) is 38.2 Å². The van der Waals surface area contributed by atoms with Gasteiger partial charge >= 0.3 is 5.97 Å². The van der Waals surface area contributed by atoms with Gasteiger partial charge in [0.2, 0.25) is 5.70 Å². The van der Waals surface area contributed by atoms with E-state index in [1.54, 1.807) is 6.08 Å². The van der Waals surface area contributed by atoms with Crippen LogP contribution in [0.15, 0.2) is 36.1 Å². The van der Waals surface area contributed by atoms with E-state index in [-0.39, 0.29) is 11.5 Å². The molecule has 0 atom stereocenters. The molecular formula is C20H33NO5. The zero-order chi connectivity index (χ0) is 19.5. The Morgan fingerprint density at radius 2 is 1.62 bits per heavy atom. The smallest absolute Gasteiger partial charge is 0.329 e. The summed E-state index contributed by atoms with van der Waals surface area (Å²) < 4.78 is 4.96. The molecule has 0 aliphatic carbocycles. The Morgan fingerprint density at radius 1 is 1.00 bits per heavy atom. The van der Waals surface area contributed by atoms with Crippen LogP contribution in [-0.2, 0) is 9.53 Å². The van der Waals surface area contributed by atoms with Crippen LogP contribution < -0.4 is 0 Å². The maximum atomic E-state index is 11.1. The van der Waals surface area contributed by atoms with Crippen LogP contribution in [0.4, 0.5) is 0 Å². The molecule has 0 saturated heterocycles. The maximum absolute atomic E-state index is 11.1. The molecule has 0 bridgehead atoms. The SMILES string of the molecule is CC/C=C/C/C=C/C/C=C(\CCCCCCCCOCC(=O)O)[N+](=O)[O-]. The van der Waals surface area contributed by atoms with Crippen molar-refractivity contribution in [1.82, 2.24) is 0 Å². The molecule has 0 aromatic rings. The molecule has 0 aliphatic rings. The second kappa shape index (κ2) is 17.9. The number of hydrogen-bond acceptors (Lipinski definition) is 4. The number of ether oxygens (including phenoxy) is 1. The minimum absolute atomic E-state index is 0.235. The molecule has 6 nitrogen and oxygen atoms in total. The van der Waals surface area contributed by atoms with Crippen molar-refractivity contribution in [1.29, 1.82) is 0 Å². The molecule has 0 aromatic heterocycles. The first kappa shape index (κ1) is 24.1. The lowest BCUT2D eigenvalue weighted by molar-refractivity contribution is -0.428. The van der Waals surface area contributed by atoms with E-state index in [1.165, 1.54) is 0 Å². The lowest BCUT2D eigenvalue weighted by Gasteiger charge is -2.02. The molecule has 0 heterocycles. The van der Waals surface area contributed by atoms with E-state index in [0.29, 0.717) is 25.1 Å². The van der Waals surface area contributed by atoms with Crippen LogP contribution in [0, 0.1) is 10.1 Å². The average molecular weight is 367 g/mol. The monoisotopic (exact) mass is 367 g/mol. The van der Waals surface area contributed by atoms with Crippen LogP contribution in [0.3, 0.4) is 0 Å². The van der Waals surface area contributed by atoms with Gasteiger partial charge in [0.05, 0.1) is 4.92 Å². The molecule has 26 heavy (non-hydrogen) atoms. The molecule has 0 radical (unpaired) electrons. The first-order valence-corrected chi connectivity index (χ1v) is 9.50. The molecule has 0 saturated carbocycles. The number of allylic oxidation sites excluding steroid dienone is 6. The number of hydrogen-bond donors (Lipinski definition) is 1. The first-order chi connectivity index (χ1) is 12.6. The van der Waals surface area contributed by atoms with Gasteiger partial charge in [0.15, 0.2) is 0 Å². The van der Waals surface area contributed by atoms with Crippen LogP contribution in [0.25, 0.3) is 0 Å². The van der Waals surface area contributed by atoms with Crippen molar-refractivity contribution in [3.05, 3.63) is 46.2 Å². The van der Waals surface area contributed by atoms with Crippen molar-refractivity contribution in [2.45, 2.75) is 71.1 Å². The number of unbranched alkanes of at least 4 members (excludes halogenated alkanes) is 5. The average Bonchev–Trinajstić information content (AvgIpc) is 2.60. The highest BCUT2D eigenvalue weighted by Crippen LogP contribution is 2.13. The molecule has 148 valence electrons. The van der Waals surface area contributed by atoms with E-state index in [0.717, 1.165) is 51.4 Å². The molecule has 0 fully saturated rings. The summed E-state index contributed by atoms with van der Waals surface area (Å²) in [6.45, 7) is 2.33. The molecule has 0 aromatic carbocycles. The summed E-state index contributed by atoms with van der Waals surface area (Å²) in [5.41, 5.74) is 0.306. The lowest BCUT2D eigenvalue weighted by atomic mass is 10.1. The summed E-state index contributed by atoms with van der Waals surface area (Å²) in [6.07, 6.45) is 18.6. The Bertz CT molecular complexity index is 469. The fourth-order valence-electron chi connectivity index (χ4n) is 2.38. The minimum atomic E-state index is -0.941. The maximum Gasteiger partial charge on any atom is 0.329 e. The van der Waals surface area contributed by atoms with Crippen LogP contribution in [0.2, 0.25) is 0 Å². The Morgan fingerprint density at radius 3 is 2.27 bits per heavy atom. The predicted octanol–water partition coefficient (Wildman–Crippen LogP) is 5.28. The van der Waals surface area contributed by atoms with Crippen LogP contribution in [0.5, 0.6) is 0 Å². The number of carboxylic acid groups (broad SMARTS) is 1. The van der Waals surface area contributed by atoms with Crippen molar-refractivity contribution in [3.63, 3.8) is 0 Å². The normalized spacial score (nSPS) is 12.3. The lowest BCUT2D eigenvalue weighted by Crippen LogP contribution is -2.07. The number of nitrogens with zero attached hydrogens (tertiary/aromatic N) is 1. The summed E-state index contributed by atoms with van der Waals surface area (Å²) in [5, 5.41) is 19.5. The van der Waals surface area contributed by atoms with Gasteiger partial charge in [-0.1, -0.05) is 56.9 Å². The van der Waals surface area contributed by atoms with E-state index in [4.69, 9.17) is 9.84 Å². The van der Waals surface area contributed by atoms with Crippen molar-refractivity contribution in [2.75, 3.05) is 13.2 Å². The zero-order valence-electron chi connectivity index (χ0n) is 15.9. The Balaban J connectivity index is 3.74. The Hall–Kier alpha value is -1.95. The second-order valence-corrected chi connectivity index (χ2v) is 6.09. The van der Waals surface area contributed by atoms with Gasteiger partial charge in [-0.15, -0.1) is 0 Å².